The average Bonchev–Trinajstić information content (AvgIpc) is 3.18. The molecule has 0 saturated heterocycles. The highest BCUT2D eigenvalue weighted by Gasteiger charge is 2.14. The van der Waals surface area contributed by atoms with E-state index >= 15 is 0 Å². The number of carbonyl (C=O) groups excluding carboxylic acids is 1. The van der Waals surface area contributed by atoms with Gasteiger partial charge in [0.1, 0.15) is 0 Å². The van der Waals surface area contributed by atoms with Crippen LogP contribution in [0.5, 0.6) is 0 Å². The Morgan fingerprint density at radius 2 is 2.41 bits per heavy atom. The fraction of sp³-hybridized carbons (Fsp3) is 0.333. The first-order chi connectivity index (χ1) is 10.8. The number of anilines is 1. The third kappa shape index (κ3) is 3.36. The van der Waals surface area contributed by atoms with Crippen LogP contribution in [0.2, 0.25) is 0 Å². The summed E-state index contributed by atoms with van der Waals surface area (Å²) in [6.07, 6.45) is 8.85. The third-order valence-corrected chi connectivity index (χ3v) is 4.18. The van der Waals surface area contributed by atoms with Gasteiger partial charge in [0, 0.05) is 12.1 Å². The summed E-state index contributed by atoms with van der Waals surface area (Å²) in [5.74, 6) is 0.404. The van der Waals surface area contributed by atoms with Gasteiger partial charge in [-0.1, -0.05) is 30.0 Å². The van der Waals surface area contributed by atoms with Crippen molar-refractivity contribution in [3.8, 4) is 5.69 Å². The van der Waals surface area contributed by atoms with Crippen molar-refractivity contribution in [2.24, 2.45) is 5.92 Å². The average molecular weight is 315 g/mol. The quantitative estimate of drug-likeness (QED) is 0.678. The summed E-state index contributed by atoms with van der Waals surface area (Å²) >= 11 is 1.47. The van der Waals surface area contributed by atoms with Crippen LogP contribution in [0.15, 0.2) is 41.6 Å². The molecule has 0 aliphatic heterocycles. The predicted molar refractivity (Wildman–Crippen MR) is 86.0 cm³/mol. The van der Waals surface area contributed by atoms with Crippen LogP contribution < -0.4 is 5.32 Å². The van der Waals surface area contributed by atoms with Crippen molar-refractivity contribution in [3.63, 3.8) is 0 Å². The highest BCUT2D eigenvalue weighted by molar-refractivity contribution is 7.98. The van der Waals surface area contributed by atoms with Gasteiger partial charge in [-0.15, -0.1) is 5.10 Å². The molecule has 3 rings (SSSR count). The van der Waals surface area contributed by atoms with E-state index < -0.39 is 0 Å². The number of nitrogens with one attached hydrogen (secondary N) is 1. The van der Waals surface area contributed by atoms with Crippen molar-refractivity contribution in [3.05, 3.63) is 36.4 Å². The standard InChI is InChI=1S/C15H17N5OS/c1-22-15-17-18-19-20(15)13-8-4-7-12(10-13)16-14(21)9-11-5-2-3-6-11/h2,4-5,7-8,10-11H,3,6,9H2,1H3,(H,16,21)/t11-/m1/s1. The van der Waals surface area contributed by atoms with Gasteiger partial charge in [-0.25, -0.2) is 0 Å². The second kappa shape index (κ2) is 6.74. The van der Waals surface area contributed by atoms with Crippen LogP contribution in [0.25, 0.3) is 5.69 Å². The van der Waals surface area contributed by atoms with Crippen molar-refractivity contribution < 1.29 is 4.79 Å². The molecule has 1 atom stereocenters. The molecule has 0 unspecified atom stereocenters. The smallest absolute Gasteiger partial charge is 0.224 e. The zero-order valence-electron chi connectivity index (χ0n) is 12.3. The first-order valence-corrected chi connectivity index (χ1v) is 8.38. The Balaban J connectivity index is 1.71. The monoisotopic (exact) mass is 315 g/mol. The summed E-state index contributed by atoms with van der Waals surface area (Å²) in [5.41, 5.74) is 1.58. The molecule has 22 heavy (non-hydrogen) atoms. The second-order valence-electron chi connectivity index (χ2n) is 5.15. The number of hydrogen-bond donors (Lipinski definition) is 1. The number of amides is 1. The zero-order valence-corrected chi connectivity index (χ0v) is 13.1. The van der Waals surface area contributed by atoms with Gasteiger partial charge in [0.15, 0.2) is 0 Å². The molecule has 1 aliphatic rings. The number of nitrogens with zero attached hydrogens (tertiary/aromatic N) is 4. The van der Waals surface area contributed by atoms with E-state index in [4.69, 9.17) is 0 Å². The topological polar surface area (TPSA) is 72.7 Å². The van der Waals surface area contributed by atoms with E-state index in [1.807, 2.05) is 30.5 Å². The van der Waals surface area contributed by atoms with E-state index in [0.29, 0.717) is 17.5 Å². The van der Waals surface area contributed by atoms with Gasteiger partial charge in [-0.2, -0.15) is 4.68 Å². The van der Waals surface area contributed by atoms with Gasteiger partial charge in [0.2, 0.25) is 11.1 Å². The number of hydrogen-bond acceptors (Lipinski definition) is 5. The Labute approximate surface area is 133 Å². The van der Waals surface area contributed by atoms with Crippen LogP contribution in [0.1, 0.15) is 19.3 Å². The molecule has 0 fully saturated rings. The van der Waals surface area contributed by atoms with E-state index in [1.54, 1.807) is 4.68 Å². The van der Waals surface area contributed by atoms with Crippen LogP contribution in [0.4, 0.5) is 5.69 Å². The number of carbonyl (C=O) groups is 1. The summed E-state index contributed by atoms with van der Waals surface area (Å²) in [6.45, 7) is 0. The molecule has 0 bridgehead atoms. The van der Waals surface area contributed by atoms with E-state index in [1.165, 1.54) is 11.8 Å². The first kappa shape index (κ1) is 14.8. The number of allylic oxidation sites excluding steroid dienone is 2. The minimum absolute atomic E-state index is 0.0375. The van der Waals surface area contributed by atoms with Crippen LogP contribution in [-0.2, 0) is 4.79 Å². The number of aromatic nitrogens is 4. The Kier molecular flexibility index (Phi) is 4.53. The molecule has 114 valence electrons. The van der Waals surface area contributed by atoms with E-state index in [2.05, 4.69) is 33.0 Å². The van der Waals surface area contributed by atoms with Crippen LogP contribution in [-0.4, -0.2) is 32.4 Å². The van der Waals surface area contributed by atoms with Gasteiger partial charge in [0.25, 0.3) is 0 Å². The number of tetrazole rings is 1. The highest BCUT2D eigenvalue weighted by Crippen LogP contribution is 2.22. The van der Waals surface area contributed by atoms with E-state index in [0.717, 1.165) is 24.2 Å². The van der Waals surface area contributed by atoms with Crippen LogP contribution in [0.3, 0.4) is 0 Å². The van der Waals surface area contributed by atoms with Gasteiger partial charge in [-0.05, 0) is 53.6 Å². The van der Waals surface area contributed by atoms with Crippen LogP contribution in [0, 0.1) is 5.92 Å². The van der Waals surface area contributed by atoms with Gasteiger partial charge < -0.3 is 5.32 Å². The molecule has 1 N–H and O–H groups in total. The van der Waals surface area contributed by atoms with E-state index in [-0.39, 0.29) is 5.91 Å². The molecule has 1 amide bonds. The molecular weight excluding hydrogens is 298 g/mol. The normalized spacial score (nSPS) is 16.9. The maximum Gasteiger partial charge on any atom is 0.224 e. The maximum atomic E-state index is 12.1. The molecule has 6 nitrogen and oxygen atoms in total. The molecule has 2 aromatic rings. The number of rotatable bonds is 5. The van der Waals surface area contributed by atoms with Gasteiger partial charge in [-0.3, -0.25) is 4.79 Å². The molecule has 0 spiro atoms. The molecule has 7 heteroatoms. The molecule has 1 aromatic heterocycles. The van der Waals surface area contributed by atoms with Crippen molar-refractivity contribution in [2.45, 2.75) is 24.4 Å². The van der Waals surface area contributed by atoms with Crippen molar-refractivity contribution in [1.29, 1.82) is 0 Å². The Morgan fingerprint density at radius 3 is 3.18 bits per heavy atom. The summed E-state index contributed by atoms with van der Waals surface area (Å²) in [7, 11) is 0. The minimum atomic E-state index is 0.0375. The lowest BCUT2D eigenvalue weighted by Crippen LogP contribution is -2.15. The molecule has 0 radical (unpaired) electrons. The Hall–Kier alpha value is -2.15. The fourth-order valence-electron chi connectivity index (χ4n) is 2.50. The molecule has 0 saturated carbocycles. The molecule has 1 heterocycles. The second-order valence-corrected chi connectivity index (χ2v) is 5.92. The number of benzene rings is 1. The van der Waals surface area contributed by atoms with Crippen LogP contribution >= 0.6 is 11.8 Å². The lowest BCUT2D eigenvalue weighted by atomic mass is 10.1. The largest absolute Gasteiger partial charge is 0.326 e. The third-order valence-electron chi connectivity index (χ3n) is 3.56. The summed E-state index contributed by atoms with van der Waals surface area (Å²) in [5, 5.41) is 15.2. The molecular formula is C15H17N5OS. The SMILES string of the molecule is CSc1nnnn1-c1cccc(NC(=O)C[C@@H]2C=CCC2)c1. The fourth-order valence-corrected chi connectivity index (χ4v) is 2.93. The lowest BCUT2D eigenvalue weighted by Gasteiger charge is -2.10. The Morgan fingerprint density at radius 1 is 1.50 bits per heavy atom. The van der Waals surface area contributed by atoms with E-state index in [9.17, 15) is 4.79 Å². The first-order valence-electron chi connectivity index (χ1n) is 7.15. The highest BCUT2D eigenvalue weighted by atomic mass is 32.2. The van der Waals surface area contributed by atoms with Gasteiger partial charge >= 0.3 is 0 Å². The Bertz CT molecular complexity index is 697. The number of thioether (sulfide) groups is 1. The minimum Gasteiger partial charge on any atom is -0.326 e. The van der Waals surface area contributed by atoms with Gasteiger partial charge in [0.05, 0.1) is 5.69 Å². The molecule has 1 aliphatic carbocycles. The van der Waals surface area contributed by atoms with Crippen molar-refractivity contribution >= 4 is 23.4 Å². The summed E-state index contributed by atoms with van der Waals surface area (Å²) in [4.78, 5) is 12.1. The zero-order chi connectivity index (χ0) is 15.4. The summed E-state index contributed by atoms with van der Waals surface area (Å²) in [6, 6.07) is 7.53. The summed E-state index contributed by atoms with van der Waals surface area (Å²) < 4.78 is 1.65. The maximum absolute atomic E-state index is 12.1. The molecule has 1 aromatic carbocycles. The lowest BCUT2D eigenvalue weighted by molar-refractivity contribution is -0.116. The predicted octanol–water partition coefficient (Wildman–Crippen LogP) is 2.68. The van der Waals surface area contributed by atoms with Crippen molar-refractivity contribution in [2.75, 3.05) is 11.6 Å². The van der Waals surface area contributed by atoms with Crippen molar-refractivity contribution in [1.82, 2.24) is 20.2 Å².